The molecule has 0 bridgehead atoms. The third kappa shape index (κ3) is 1.25. The van der Waals surface area contributed by atoms with Gasteiger partial charge in [0.1, 0.15) is 5.75 Å². The van der Waals surface area contributed by atoms with Crippen LogP contribution < -0.4 is 10.6 Å². The van der Waals surface area contributed by atoms with E-state index in [-0.39, 0.29) is 11.7 Å². The quantitative estimate of drug-likeness (QED) is 0.600. The number of ether oxygens (including phenoxy) is 1. The molecule has 0 amide bonds. The highest BCUT2D eigenvalue weighted by Crippen LogP contribution is 2.04. The normalized spacial score (nSPS) is 13.4. The predicted molar refractivity (Wildman–Crippen MR) is 49.2 cm³/mol. The second kappa shape index (κ2) is 3.14. The van der Waals surface area contributed by atoms with Gasteiger partial charge in [-0.2, -0.15) is 0 Å². The Morgan fingerprint density at radius 1 is 1.57 bits per heavy atom. The molecule has 4 nitrogen and oxygen atoms in total. The van der Waals surface area contributed by atoms with Crippen molar-refractivity contribution in [2.45, 2.75) is 0 Å². The third-order valence-electron chi connectivity index (χ3n) is 2.15. The minimum Gasteiger partial charge on any atom is -0.508 e. The summed E-state index contributed by atoms with van der Waals surface area (Å²) in [5.74, 6) is -0.211. The van der Waals surface area contributed by atoms with Gasteiger partial charge in [-0.1, -0.05) is 0 Å². The van der Waals surface area contributed by atoms with Crippen molar-refractivity contribution in [2.75, 3.05) is 13.7 Å². The maximum atomic E-state index is 11.3. The van der Waals surface area contributed by atoms with Crippen LogP contribution >= 0.6 is 0 Å². The Morgan fingerprint density at radius 3 is 3.07 bits per heavy atom. The van der Waals surface area contributed by atoms with Crippen molar-refractivity contribution in [3.05, 3.63) is 28.8 Å². The van der Waals surface area contributed by atoms with Crippen LogP contribution in [0.1, 0.15) is 0 Å². The molecule has 1 aromatic rings. The molecule has 1 heterocycles. The number of phenols is 1. The molecule has 72 valence electrons. The Balaban J connectivity index is 2.67. The van der Waals surface area contributed by atoms with Crippen LogP contribution in [0.4, 0.5) is 0 Å². The number of benzene rings is 1. The Labute approximate surface area is 80.2 Å². The Morgan fingerprint density at radius 2 is 2.36 bits per heavy atom. The zero-order valence-electron chi connectivity index (χ0n) is 7.65. The van der Waals surface area contributed by atoms with Gasteiger partial charge in [0, 0.05) is 11.3 Å². The Hall–Kier alpha value is -1.84. The first-order valence-electron chi connectivity index (χ1n) is 4.17. The summed E-state index contributed by atoms with van der Waals surface area (Å²) in [6.45, 7) is 0.325. The fraction of sp³-hybridized carbons (Fsp3) is 0.200. The van der Waals surface area contributed by atoms with E-state index in [2.05, 4.69) is 9.73 Å². The first-order chi connectivity index (χ1) is 6.72. The predicted octanol–water partition coefficient (Wildman–Crippen LogP) is -0.651. The molecular formula is C10H9NO3. The number of hydrogen-bond donors (Lipinski definition) is 1. The van der Waals surface area contributed by atoms with Crippen molar-refractivity contribution in [1.82, 2.24) is 0 Å². The molecule has 0 aliphatic carbocycles. The maximum absolute atomic E-state index is 11.3. The highest BCUT2D eigenvalue weighted by molar-refractivity contribution is 6.10. The highest BCUT2D eigenvalue weighted by Gasteiger charge is 2.14. The summed E-state index contributed by atoms with van der Waals surface area (Å²) in [7, 11) is 1.34. The van der Waals surface area contributed by atoms with Gasteiger partial charge in [0.05, 0.1) is 24.6 Å². The maximum Gasteiger partial charge on any atom is 0.336 e. The average molecular weight is 191 g/mol. The number of carbonyl (C=O) groups excluding carboxylic acids is 1. The molecule has 4 heteroatoms. The summed E-state index contributed by atoms with van der Waals surface area (Å²) < 4.78 is 4.62. The van der Waals surface area contributed by atoms with Crippen molar-refractivity contribution in [1.29, 1.82) is 0 Å². The van der Waals surface area contributed by atoms with E-state index in [1.807, 2.05) is 0 Å². The molecule has 0 saturated heterocycles. The molecule has 2 rings (SSSR count). The van der Waals surface area contributed by atoms with Crippen molar-refractivity contribution in [2.24, 2.45) is 4.99 Å². The number of methoxy groups -OCH3 is 1. The first kappa shape index (κ1) is 8.74. The summed E-state index contributed by atoms with van der Waals surface area (Å²) in [5.41, 5.74) is 0.544. The highest BCUT2D eigenvalue weighted by atomic mass is 16.5. The van der Waals surface area contributed by atoms with Crippen molar-refractivity contribution in [3.63, 3.8) is 0 Å². The number of phenolic OH excluding ortho intramolecular Hbond substituents is 1. The Kier molecular flexibility index (Phi) is 1.96. The summed E-state index contributed by atoms with van der Waals surface area (Å²) in [6, 6.07) is 4.74. The number of hydrogen-bond acceptors (Lipinski definition) is 4. The largest absolute Gasteiger partial charge is 0.508 e. The third-order valence-corrected chi connectivity index (χ3v) is 2.15. The summed E-state index contributed by atoms with van der Waals surface area (Å²) in [5, 5.41) is 10.6. The van der Waals surface area contributed by atoms with Crippen LogP contribution in [-0.4, -0.2) is 24.7 Å². The van der Waals surface area contributed by atoms with E-state index < -0.39 is 0 Å². The van der Waals surface area contributed by atoms with Crippen LogP contribution in [0.5, 0.6) is 5.75 Å². The smallest absolute Gasteiger partial charge is 0.336 e. The minimum absolute atomic E-state index is 0.151. The lowest BCUT2D eigenvalue weighted by atomic mass is 10.2. The Bertz CT molecular complexity index is 505. The van der Waals surface area contributed by atoms with Gasteiger partial charge in [-0.05, 0) is 12.1 Å². The number of rotatable bonds is 1. The fourth-order valence-corrected chi connectivity index (χ4v) is 1.45. The number of aromatic hydroxyl groups is 1. The van der Waals surface area contributed by atoms with E-state index in [9.17, 15) is 9.90 Å². The summed E-state index contributed by atoms with van der Waals surface area (Å²) >= 11 is 0. The van der Waals surface area contributed by atoms with E-state index in [1.165, 1.54) is 19.2 Å². The van der Waals surface area contributed by atoms with Crippen LogP contribution in [0, 0.1) is 0 Å². The zero-order chi connectivity index (χ0) is 10.1. The fourth-order valence-electron chi connectivity index (χ4n) is 1.45. The SMILES string of the molecule is COC(=O)C1=c2ccc(O)cc2=NC1. The molecule has 1 aliphatic heterocycles. The van der Waals surface area contributed by atoms with Gasteiger partial charge in [-0.15, -0.1) is 0 Å². The molecule has 0 radical (unpaired) electrons. The number of nitrogens with zero attached hydrogens (tertiary/aromatic N) is 1. The molecule has 0 saturated carbocycles. The van der Waals surface area contributed by atoms with Gasteiger partial charge in [0.15, 0.2) is 0 Å². The van der Waals surface area contributed by atoms with E-state index in [0.29, 0.717) is 17.5 Å². The second-order valence-corrected chi connectivity index (χ2v) is 2.99. The summed E-state index contributed by atoms with van der Waals surface area (Å²) in [4.78, 5) is 15.4. The standard InChI is InChI=1S/C10H9NO3/c1-14-10(13)8-5-11-9-4-6(12)2-3-7(8)9/h2-4,12H,5H2,1H3. The van der Waals surface area contributed by atoms with Gasteiger partial charge >= 0.3 is 5.97 Å². The number of fused-ring (bicyclic) bond motifs is 1. The first-order valence-corrected chi connectivity index (χ1v) is 4.17. The van der Waals surface area contributed by atoms with Crippen molar-refractivity contribution < 1.29 is 14.6 Å². The molecule has 0 fully saturated rings. The lowest BCUT2D eigenvalue weighted by Crippen LogP contribution is -2.25. The number of carbonyl (C=O) groups is 1. The molecule has 0 spiro atoms. The summed E-state index contributed by atoms with van der Waals surface area (Å²) in [6.07, 6.45) is 0. The van der Waals surface area contributed by atoms with Crippen LogP contribution in [0.2, 0.25) is 0 Å². The second-order valence-electron chi connectivity index (χ2n) is 2.99. The van der Waals surface area contributed by atoms with Crippen molar-refractivity contribution >= 4 is 11.5 Å². The van der Waals surface area contributed by atoms with E-state index >= 15 is 0 Å². The molecule has 0 atom stereocenters. The van der Waals surface area contributed by atoms with E-state index in [0.717, 1.165) is 5.22 Å². The van der Waals surface area contributed by atoms with Gasteiger partial charge in [-0.25, -0.2) is 4.79 Å². The van der Waals surface area contributed by atoms with Crippen molar-refractivity contribution in [3.8, 4) is 5.75 Å². The van der Waals surface area contributed by atoms with Gasteiger partial charge in [-0.3, -0.25) is 4.99 Å². The molecule has 14 heavy (non-hydrogen) atoms. The molecule has 1 aromatic carbocycles. The van der Waals surface area contributed by atoms with Gasteiger partial charge in [0.25, 0.3) is 0 Å². The molecule has 1 aliphatic rings. The zero-order valence-corrected chi connectivity index (χ0v) is 7.65. The molecule has 1 N–H and O–H groups in total. The lowest BCUT2D eigenvalue weighted by Gasteiger charge is -1.97. The van der Waals surface area contributed by atoms with E-state index in [1.54, 1.807) is 6.07 Å². The van der Waals surface area contributed by atoms with Crippen LogP contribution in [0.15, 0.2) is 23.2 Å². The van der Waals surface area contributed by atoms with Gasteiger partial charge < -0.3 is 9.84 Å². The van der Waals surface area contributed by atoms with E-state index in [4.69, 9.17) is 0 Å². The lowest BCUT2D eigenvalue weighted by molar-refractivity contribution is -0.133. The molecule has 0 unspecified atom stereocenters. The van der Waals surface area contributed by atoms with Crippen LogP contribution in [-0.2, 0) is 9.53 Å². The minimum atomic E-state index is -0.363. The molecular weight excluding hydrogens is 182 g/mol. The number of esters is 1. The van der Waals surface area contributed by atoms with Crippen LogP contribution in [0.3, 0.4) is 0 Å². The topological polar surface area (TPSA) is 58.9 Å². The average Bonchev–Trinajstić information content (AvgIpc) is 2.59. The monoisotopic (exact) mass is 191 g/mol. The van der Waals surface area contributed by atoms with Crippen LogP contribution in [0.25, 0.3) is 5.57 Å². The molecule has 0 aromatic heterocycles. The van der Waals surface area contributed by atoms with Gasteiger partial charge in [0.2, 0.25) is 0 Å².